The van der Waals surface area contributed by atoms with Gasteiger partial charge in [0.1, 0.15) is 11.8 Å². The van der Waals surface area contributed by atoms with Crippen molar-refractivity contribution < 1.29 is 14.3 Å². The number of ether oxygens (including phenoxy) is 1. The molecule has 6 heteroatoms. The van der Waals surface area contributed by atoms with E-state index in [1.54, 1.807) is 0 Å². The molecule has 0 bridgehead atoms. The Morgan fingerprint density at radius 2 is 1.85 bits per heavy atom. The third-order valence-electron chi connectivity index (χ3n) is 4.54. The van der Waals surface area contributed by atoms with Gasteiger partial charge >= 0.3 is 0 Å². The number of hydrogen-bond donors (Lipinski definition) is 2. The number of carbonyl (C=O) groups excluding carboxylic acids is 2. The summed E-state index contributed by atoms with van der Waals surface area (Å²) >= 11 is 0. The summed E-state index contributed by atoms with van der Waals surface area (Å²) in [5.74, 6) is 0.317. The number of rotatable bonds is 6. The molecule has 2 atom stereocenters. The Morgan fingerprint density at radius 3 is 2.59 bits per heavy atom. The molecule has 1 heterocycles. The van der Waals surface area contributed by atoms with E-state index in [9.17, 15) is 9.59 Å². The molecule has 0 aliphatic carbocycles. The van der Waals surface area contributed by atoms with Gasteiger partial charge in [-0.25, -0.2) is 0 Å². The minimum atomic E-state index is -0.654. The third kappa shape index (κ3) is 4.39. The lowest BCUT2D eigenvalue weighted by molar-refractivity contribution is -0.128. The van der Waals surface area contributed by atoms with Crippen LogP contribution in [0.5, 0.6) is 5.75 Å². The van der Waals surface area contributed by atoms with Crippen LogP contribution in [0.1, 0.15) is 20.3 Å². The number of nitrogens with one attached hydrogen (secondary N) is 2. The maximum atomic E-state index is 12.8. The maximum absolute atomic E-state index is 12.8. The molecule has 2 aromatic carbocycles. The van der Waals surface area contributed by atoms with Crippen LogP contribution in [0.4, 0.5) is 11.4 Å². The molecule has 0 aromatic heterocycles. The number of amides is 2. The molecule has 1 aliphatic heterocycles. The second-order valence-electron chi connectivity index (χ2n) is 6.55. The highest BCUT2D eigenvalue weighted by atomic mass is 16.5. The molecule has 0 fully saturated rings. The zero-order valence-corrected chi connectivity index (χ0v) is 15.6. The second kappa shape index (κ2) is 8.58. The Labute approximate surface area is 159 Å². The molecule has 2 aromatic rings. The number of para-hydroxylation sites is 3. The predicted molar refractivity (Wildman–Crippen MR) is 106 cm³/mol. The third-order valence-corrected chi connectivity index (χ3v) is 4.54. The smallest absolute Gasteiger partial charge is 0.262 e. The lowest BCUT2D eigenvalue weighted by Crippen LogP contribution is -2.54. The number of anilines is 2. The zero-order valence-electron chi connectivity index (χ0n) is 15.6. The summed E-state index contributed by atoms with van der Waals surface area (Å²) in [5, 5.41) is 5.80. The molecule has 0 saturated heterocycles. The lowest BCUT2D eigenvalue weighted by atomic mass is 10.1. The molecule has 2 N–H and O–H groups in total. The van der Waals surface area contributed by atoms with Gasteiger partial charge in [-0.05, 0) is 37.6 Å². The number of hydrogen-bond acceptors (Lipinski definition) is 4. The van der Waals surface area contributed by atoms with Crippen LogP contribution in [0.3, 0.4) is 0 Å². The van der Waals surface area contributed by atoms with Crippen molar-refractivity contribution in [2.24, 2.45) is 0 Å². The minimum Gasteiger partial charge on any atom is -0.477 e. The lowest BCUT2D eigenvalue weighted by Gasteiger charge is -2.38. The maximum Gasteiger partial charge on any atom is 0.262 e. The summed E-state index contributed by atoms with van der Waals surface area (Å²) in [6.45, 7) is 4.75. The van der Waals surface area contributed by atoms with E-state index in [4.69, 9.17) is 4.74 Å². The fraction of sp³-hybridized carbons (Fsp3) is 0.333. The van der Waals surface area contributed by atoms with Crippen molar-refractivity contribution in [3.05, 3.63) is 54.6 Å². The van der Waals surface area contributed by atoms with Crippen LogP contribution in [-0.2, 0) is 9.59 Å². The van der Waals surface area contributed by atoms with Gasteiger partial charge < -0.3 is 20.3 Å². The summed E-state index contributed by atoms with van der Waals surface area (Å²) < 4.78 is 5.88. The summed E-state index contributed by atoms with van der Waals surface area (Å²) in [5.41, 5.74) is 1.56. The Morgan fingerprint density at radius 1 is 1.15 bits per heavy atom. The molecule has 0 spiro atoms. The van der Waals surface area contributed by atoms with Crippen LogP contribution in [0.15, 0.2) is 54.6 Å². The first-order valence-electron chi connectivity index (χ1n) is 9.26. The van der Waals surface area contributed by atoms with Gasteiger partial charge in [-0.1, -0.05) is 37.3 Å². The number of fused-ring (bicyclic) bond motifs is 1. The molecule has 0 saturated carbocycles. The Balaban J connectivity index is 1.79. The average molecular weight is 367 g/mol. The van der Waals surface area contributed by atoms with Crippen molar-refractivity contribution in [1.82, 2.24) is 5.32 Å². The first-order valence-corrected chi connectivity index (χ1v) is 9.26. The normalized spacial score (nSPS) is 16.7. The highest BCUT2D eigenvalue weighted by Gasteiger charge is 2.34. The van der Waals surface area contributed by atoms with Gasteiger partial charge in [-0.3, -0.25) is 9.59 Å². The number of nitrogens with zero attached hydrogens (tertiary/aromatic N) is 1. The van der Waals surface area contributed by atoms with Crippen molar-refractivity contribution in [3.8, 4) is 5.75 Å². The number of benzene rings is 2. The first kappa shape index (κ1) is 18.8. The van der Waals surface area contributed by atoms with Crippen LogP contribution >= 0.6 is 0 Å². The Bertz CT molecular complexity index is 794. The summed E-state index contributed by atoms with van der Waals surface area (Å²) in [6.07, 6.45) is 0.202. The fourth-order valence-corrected chi connectivity index (χ4v) is 3.04. The van der Waals surface area contributed by atoms with Crippen molar-refractivity contribution >= 4 is 23.2 Å². The van der Waals surface area contributed by atoms with E-state index in [2.05, 4.69) is 10.6 Å². The average Bonchev–Trinajstić information content (AvgIpc) is 2.71. The van der Waals surface area contributed by atoms with Crippen LogP contribution in [0.25, 0.3) is 0 Å². The van der Waals surface area contributed by atoms with Crippen molar-refractivity contribution in [3.63, 3.8) is 0 Å². The van der Waals surface area contributed by atoms with Gasteiger partial charge in [0, 0.05) is 12.2 Å². The van der Waals surface area contributed by atoms with E-state index in [-0.39, 0.29) is 11.8 Å². The molecule has 6 nitrogen and oxygen atoms in total. The largest absolute Gasteiger partial charge is 0.477 e. The van der Waals surface area contributed by atoms with E-state index in [1.807, 2.05) is 73.3 Å². The van der Waals surface area contributed by atoms with E-state index in [0.29, 0.717) is 18.8 Å². The van der Waals surface area contributed by atoms with Gasteiger partial charge in [0.25, 0.3) is 5.91 Å². The molecular weight excluding hydrogens is 342 g/mol. The van der Waals surface area contributed by atoms with Crippen LogP contribution in [0, 0.1) is 0 Å². The standard InChI is InChI=1S/C21H25N3O3/c1-3-13-22-21(26)19-14-24(17-11-7-8-12-18(17)27-19)15(2)20(25)23-16-9-5-4-6-10-16/h4-12,15,19H,3,13-14H2,1-2H3,(H,22,26)(H,23,25)/t15-,19+/m0/s1. The Hall–Kier alpha value is -3.02. The monoisotopic (exact) mass is 367 g/mol. The van der Waals surface area contributed by atoms with E-state index in [0.717, 1.165) is 17.8 Å². The highest BCUT2D eigenvalue weighted by molar-refractivity contribution is 5.97. The van der Waals surface area contributed by atoms with E-state index >= 15 is 0 Å². The second-order valence-corrected chi connectivity index (χ2v) is 6.55. The molecular formula is C21H25N3O3. The zero-order chi connectivity index (χ0) is 19.2. The molecule has 3 rings (SSSR count). The fourth-order valence-electron chi connectivity index (χ4n) is 3.04. The predicted octanol–water partition coefficient (Wildman–Crippen LogP) is 2.81. The number of carbonyl (C=O) groups is 2. The topological polar surface area (TPSA) is 70.7 Å². The summed E-state index contributed by atoms with van der Waals surface area (Å²) in [4.78, 5) is 27.1. The van der Waals surface area contributed by atoms with Crippen molar-refractivity contribution in [1.29, 1.82) is 0 Å². The van der Waals surface area contributed by atoms with Gasteiger partial charge in [0.05, 0.1) is 12.2 Å². The summed E-state index contributed by atoms with van der Waals surface area (Å²) in [6, 6.07) is 16.4. The molecule has 0 unspecified atom stereocenters. The SMILES string of the molecule is CCCNC(=O)[C@H]1CN([C@@H](C)C(=O)Nc2ccccc2)c2ccccc2O1. The highest BCUT2D eigenvalue weighted by Crippen LogP contribution is 2.34. The van der Waals surface area contributed by atoms with E-state index < -0.39 is 12.1 Å². The van der Waals surface area contributed by atoms with Crippen LogP contribution in [-0.4, -0.2) is 37.0 Å². The summed E-state index contributed by atoms with van der Waals surface area (Å²) in [7, 11) is 0. The first-order chi connectivity index (χ1) is 13.1. The van der Waals surface area contributed by atoms with Crippen LogP contribution < -0.4 is 20.3 Å². The Kier molecular flexibility index (Phi) is 5.96. The minimum absolute atomic E-state index is 0.134. The molecule has 0 radical (unpaired) electrons. The van der Waals surface area contributed by atoms with Crippen molar-refractivity contribution in [2.45, 2.75) is 32.4 Å². The molecule has 27 heavy (non-hydrogen) atoms. The van der Waals surface area contributed by atoms with E-state index in [1.165, 1.54) is 0 Å². The molecule has 2 amide bonds. The van der Waals surface area contributed by atoms with Gasteiger partial charge in [-0.2, -0.15) is 0 Å². The molecule has 142 valence electrons. The van der Waals surface area contributed by atoms with Gasteiger partial charge in [0.15, 0.2) is 6.10 Å². The quantitative estimate of drug-likeness (QED) is 0.824. The van der Waals surface area contributed by atoms with Gasteiger partial charge in [-0.15, -0.1) is 0 Å². The van der Waals surface area contributed by atoms with Crippen LogP contribution in [0.2, 0.25) is 0 Å². The molecule has 1 aliphatic rings. The van der Waals surface area contributed by atoms with Crippen molar-refractivity contribution in [2.75, 3.05) is 23.3 Å². The van der Waals surface area contributed by atoms with Gasteiger partial charge in [0.2, 0.25) is 5.91 Å².